The van der Waals surface area contributed by atoms with E-state index in [9.17, 15) is 13.2 Å². The maximum absolute atomic E-state index is 13.0. The third-order valence-electron chi connectivity index (χ3n) is 5.87. The summed E-state index contributed by atoms with van der Waals surface area (Å²) in [5.74, 6) is 0.758. The van der Waals surface area contributed by atoms with Crippen molar-refractivity contribution in [2.24, 2.45) is 0 Å². The Bertz CT molecular complexity index is 1640. The zero-order chi connectivity index (χ0) is 28.9. The van der Waals surface area contributed by atoms with Crippen LogP contribution in [-0.2, 0) is 19.1 Å². The average molecular weight is 674 g/mol. The van der Waals surface area contributed by atoms with Crippen molar-refractivity contribution >= 4 is 67.2 Å². The summed E-state index contributed by atoms with van der Waals surface area (Å²) in [4.78, 5) is 25.5. The summed E-state index contributed by atoms with van der Waals surface area (Å²) < 4.78 is 33.9. The number of benzene rings is 2. The molecule has 208 valence electrons. The van der Waals surface area contributed by atoms with E-state index >= 15 is 0 Å². The first-order valence-corrected chi connectivity index (χ1v) is 15.2. The van der Waals surface area contributed by atoms with Crippen molar-refractivity contribution < 1.29 is 17.9 Å². The second-order valence-corrected chi connectivity index (χ2v) is 12.0. The second kappa shape index (κ2) is 12.5. The van der Waals surface area contributed by atoms with Crippen LogP contribution in [0.3, 0.4) is 0 Å². The molecule has 13 heteroatoms. The van der Waals surface area contributed by atoms with Gasteiger partial charge in [0.1, 0.15) is 11.6 Å². The summed E-state index contributed by atoms with van der Waals surface area (Å²) in [5, 5.41) is 8.57. The van der Waals surface area contributed by atoms with E-state index in [0.717, 1.165) is 5.56 Å². The van der Waals surface area contributed by atoms with Gasteiger partial charge in [-0.05, 0) is 38.1 Å². The summed E-state index contributed by atoms with van der Waals surface area (Å²) in [5.41, 5.74) is 2.79. The highest BCUT2D eigenvalue weighted by Crippen LogP contribution is 2.36. The van der Waals surface area contributed by atoms with Crippen molar-refractivity contribution in [3.8, 4) is 11.4 Å². The molecule has 0 spiro atoms. The van der Waals surface area contributed by atoms with Gasteiger partial charge >= 0.3 is 0 Å². The molecule has 4 aromatic rings. The SMILES string of the molecule is C=CC(=O)Nc1cc(Nc2ncc(CI)c(Nc3ccccc3S(=O)(=O)C(C)C)n2)c(OC)cc1-n1ccnc1. The zero-order valence-corrected chi connectivity index (χ0v) is 25.0. The van der Waals surface area contributed by atoms with E-state index in [-0.39, 0.29) is 16.8 Å². The van der Waals surface area contributed by atoms with Crippen molar-refractivity contribution in [1.29, 1.82) is 0 Å². The third-order valence-corrected chi connectivity index (χ3v) is 8.90. The lowest BCUT2D eigenvalue weighted by molar-refractivity contribution is -0.111. The van der Waals surface area contributed by atoms with Crippen molar-refractivity contribution in [2.45, 2.75) is 28.4 Å². The van der Waals surface area contributed by atoms with Crippen LogP contribution in [0.15, 0.2) is 78.9 Å². The summed E-state index contributed by atoms with van der Waals surface area (Å²) in [6.45, 7) is 6.82. The van der Waals surface area contributed by atoms with E-state index in [1.807, 2.05) is 0 Å². The molecule has 0 saturated carbocycles. The summed E-state index contributed by atoms with van der Waals surface area (Å²) >= 11 is 2.20. The fourth-order valence-corrected chi connectivity index (χ4v) is 5.49. The topological polar surface area (TPSA) is 140 Å². The Morgan fingerprint density at radius 2 is 1.95 bits per heavy atom. The highest BCUT2D eigenvalue weighted by Gasteiger charge is 2.23. The number of anilines is 5. The smallest absolute Gasteiger partial charge is 0.247 e. The van der Waals surface area contributed by atoms with E-state index in [0.29, 0.717) is 38.7 Å². The number of alkyl halides is 1. The van der Waals surface area contributed by atoms with Gasteiger partial charge in [-0.1, -0.05) is 41.3 Å². The zero-order valence-electron chi connectivity index (χ0n) is 22.1. The number of amides is 1. The number of sulfone groups is 1. The van der Waals surface area contributed by atoms with Gasteiger partial charge in [-0.25, -0.2) is 18.4 Å². The van der Waals surface area contributed by atoms with Crippen molar-refractivity contribution in [3.63, 3.8) is 0 Å². The first-order chi connectivity index (χ1) is 19.2. The van der Waals surface area contributed by atoms with Crippen molar-refractivity contribution in [3.05, 3.63) is 79.5 Å². The predicted molar refractivity (Wildman–Crippen MR) is 164 cm³/mol. The largest absolute Gasteiger partial charge is 0.494 e. The van der Waals surface area contributed by atoms with E-state index in [1.54, 1.807) is 79.7 Å². The van der Waals surface area contributed by atoms with E-state index in [1.165, 1.54) is 13.2 Å². The van der Waals surface area contributed by atoms with Gasteiger partial charge in [-0.15, -0.1) is 0 Å². The second-order valence-electron chi connectivity index (χ2n) is 8.77. The Hall–Kier alpha value is -3.98. The molecule has 0 aliphatic carbocycles. The molecule has 0 atom stereocenters. The first kappa shape index (κ1) is 29.0. The number of methoxy groups -OCH3 is 1. The number of hydrogen-bond donors (Lipinski definition) is 3. The predicted octanol–water partition coefficient (Wildman–Crippen LogP) is 5.40. The fourth-order valence-electron chi connectivity index (χ4n) is 3.73. The maximum atomic E-state index is 13.0. The van der Waals surface area contributed by atoms with E-state index in [4.69, 9.17) is 4.74 Å². The van der Waals surface area contributed by atoms with Gasteiger partial charge in [0.15, 0.2) is 9.84 Å². The van der Waals surface area contributed by atoms with Crippen molar-refractivity contribution in [2.75, 3.05) is 23.1 Å². The number of aromatic nitrogens is 4. The highest BCUT2D eigenvalue weighted by molar-refractivity contribution is 14.1. The number of carbonyl (C=O) groups excluding carboxylic acids is 1. The lowest BCUT2D eigenvalue weighted by atomic mass is 10.2. The Kier molecular flexibility index (Phi) is 9.04. The van der Waals surface area contributed by atoms with Crippen LogP contribution in [0.5, 0.6) is 5.75 Å². The minimum absolute atomic E-state index is 0.192. The monoisotopic (exact) mass is 673 g/mol. The van der Waals surface area contributed by atoms with Gasteiger partial charge in [0.05, 0.1) is 46.3 Å². The number of halogens is 1. The van der Waals surface area contributed by atoms with Gasteiger partial charge < -0.3 is 25.3 Å². The van der Waals surface area contributed by atoms with Gasteiger partial charge in [0.25, 0.3) is 0 Å². The van der Waals surface area contributed by atoms with Crippen LogP contribution in [0.4, 0.5) is 28.8 Å². The van der Waals surface area contributed by atoms with Crippen LogP contribution < -0.4 is 20.7 Å². The summed E-state index contributed by atoms with van der Waals surface area (Å²) in [7, 11) is -2.02. The number of imidazole rings is 1. The number of nitrogens with zero attached hydrogens (tertiary/aromatic N) is 4. The first-order valence-electron chi connectivity index (χ1n) is 12.1. The number of nitrogens with one attached hydrogen (secondary N) is 3. The molecule has 2 aromatic carbocycles. The van der Waals surface area contributed by atoms with Crippen molar-refractivity contribution in [1.82, 2.24) is 19.5 Å². The van der Waals surface area contributed by atoms with Crippen LogP contribution in [0, 0.1) is 0 Å². The quantitative estimate of drug-likeness (QED) is 0.109. The molecule has 0 fully saturated rings. The summed E-state index contributed by atoms with van der Waals surface area (Å²) in [6, 6.07) is 10.2. The minimum Gasteiger partial charge on any atom is -0.494 e. The molecule has 0 radical (unpaired) electrons. The van der Waals surface area contributed by atoms with Crippen LogP contribution in [0.2, 0.25) is 0 Å². The molecule has 0 bridgehead atoms. The molecule has 4 rings (SSSR count). The number of para-hydroxylation sites is 1. The molecule has 0 aliphatic heterocycles. The van der Waals surface area contributed by atoms with Gasteiger partial charge in [0, 0.05) is 34.6 Å². The minimum atomic E-state index is -3.54. The molecular formula is C27H28IN7O4S. The standard InChI is InChI=1S/C27H28IN7O4S/c1-5-25(36)31-20-12-21(23(39-4)13-22(20)35-11-10-29-16-35)33-27-30-15-18(14-28)26(34-27)32-19-8-6-7-9-24(19)40(37,38)17(2)3/h5-13,15-17H,1,14H2,2-4H3,(H,31,36)(H2,30,32,33,34). The summed E-state index contributed by atoms with van der Waals surface area (Å²) in [6.07, 6.45) is 7.81. The maximum Gasteiger partial charge on any atom is 0.247 e. The Labute approximate surface area is 246 Å². The number of hydrogen-bond acceptors (Lipinski definition) is 9. The molecule has 11 nitrogen and oxygen atoms in total. The van der Waals surface area contributed by atoms with E-state index < -0.39 is 15.1 Å². The molecule has 3 N–H and O–H groups in total. The van der Waals surface area contributed by atoms with E-state index in [2.05, 4.69) is 60.1 Å². The molecule has 40 heavy (non-hydrogen) atoms. The number of rotatable bonds is 11. The van der Waals surface area contributed by atoms with Crippen LogP contribution >= 0.6 is 22.6 Å². The lowest BCUT2D eigenvalue weighted by Crippen LogP contribution is -2.16. The molecule has 1 amide bonds. The Balaban J connectivity index is 1.74. The molecule has 0 aliphatic rings. The van der Waals surface area contributed by atoms with Crippen LogP contribution in [0.25, 0.3) is 5.69 Å². The highest BCUT2D eigenvalue weighted by atomic mass is 127. The Morgan fingerprint density at radius 3 is 2.60 bits per heavy atom. The van der Waals surface area contributed by atoms with Gasteiger partial charge in [0.2, 0.25) is 11.9 Å². The third kappa shape index (κ3) is 6.25. The molecule has 0 saturated heterocycles. The molecular weight excluding hydrogens is 645 g/mol. The molecule has 0 unspecified atom stereocenters. The fraction of sp³-hybridized carbons (Fsp3) is 0.185. The normalized spacial score (nSPS) is 11.2. The average Bonchev–Trinajstić information content (AvgIpc) is 3.48. The van der Waals surface area contributed by atoms with Gasteiger partial charge in [-0.2, -0.15) is 4.98 Å². The number of ether oxygens (including phenoxy) is 1. The number of carbonyl (C=O) groups is 1. The molecule has 2 aromatic heterocycles. The van der Waals surface area contributed by atoms with Crippen LogP contribution in [-0.4, -0.2) is 46.2 Å². The van der Waals surface area contributed by atoms with Crippen LogP contribution in [0.1, 0.15) is 19.4 Å². The molecule has 2 heterocycles. The Morgan fingerprint density at radius 1 is 1.18 bits per heavy atom. The lowest BCUT2D eigenvalue weighted by Gasteiger charge is -2.18. The van der Waals surface area contributed by atoms with Gasteiger partial charge in [-0.3, -0.25) is 4.79 Å².